The second kappa shape index (κ2) is 40.3. The van der Waals surface area contributed by atoms with Gasteiger partial charge in [0.2, 0.25) is 0 Å². The maximum atomic E-state index is 13.7. The summed E-state index contributed by atoms with van der Waals surface area (Å²) in [6.45, 7) is 17.3. The first kappa shape index (κ1) is 54.5. The van der Waals surface area contributed by atoms with E-state index >= 15 is 0 Å². The number of hydrogen-bond acceptors (Lipinski definition) is 4. The molecule has 0 aromatic heterocycles. The average Bonchev–Trinajstić information content (AvgIpc) is 3.18. The first-order chi connectivity index (χ1) is 26.4. The highest BCUT2D eigenvalue weighted by Crippen LogP contribution is 2.61. The molecule has 2 unspecified atom stereocenters. The van der Waals surface area contributed by atoms with Crippen LogP contribution in [0.25, 0.3) is 0 Å². The summed E-state index contributed by atoms with van der Waals surface area (Å²) >= 11 is 0. The molecule has 0 spiro atoms. The van der Waals surface area contributed by atoms with Crippen LogP contribution in [0.3, 0.4) is 0 Å². The van der Waals surface area contributed by atoms with Crippen LogP contribution in [0.15, 0.2) is 0 Å². The van der Waals surface area contributed by atoms with Gasteiger partial charge in [0.05, 0.1) is 44.5 Å². The maximum absolute atomic E-state index is 13.7. The molecule has 0 radical (unpaired) electrons. The van der Waals surface area contributed by atoms with Crippen LogP contribution in [0.5, 0.6) is 0 Å². The van der Waals surface area contributed by atoms with Crippen molar-refractivity contribution in [2.45, 2.75) is 254 Å². The Morgan fingerprint density at radius 3 is 0.981 bits per heavy atom. The molecule has 0 fully saturated rings. The summed E-state index contributed by atoms with van der Waals surface area (Å²) in [6, 6.07) is 0. The Labute approximate surface area is 342 Å². The van der Waals surface area contributed by atoms with Crippen molar-refractivity contribution in [1.29, 1.82) is 0 Å². The minimum atomic E-state index is -3.53. The summed E-state index contributed by atoms with van der Waals surface area (Å²) in [7, 11) is -4.30. The van der Waals surface area contributed by atoms with Crippen LogP contribution >= 0.6 is 15.1 Å². The first-order valence-corrected chi connectivity index (χ1v) is 28.8. The van der Waals surface area contributed by atoms with E-state index in [2.05, 4.69) is 48.5 Å². The molecule has 0 heterocycles. The van der Waals surface area contributed by atoms with Gasteiger partial charge in [-0.1, -0.05) is 183 Å². The van der Waals surface area contributed by atoms with E-state index in [1.165, 1.54) is 167 Å². The number of rotatable bonds is 45. The van der Waals surface area contributed by atoms with Crippen LogP contribution < -0.4 is 0 Å². The van der Waals surface area contributed by atoms with Gasteiger partial charge in [-0.3, -0.25) is 13.6 Å². The zero-order chi connectivity index (χ0) is 39.9. The van der Waals surface area contributed by atoms with E-state index in [-0.39, 0.29) is 0 Å². The standard InChI is InChI=1S/C48H101O4P2/c1-8-15-20-34-41-53(42-35-21-16-9-2,43-36-22-17-10-3)44-37-32-30-28-26-24-23-25-27-29-31-33-40-50-54(49,51-45-47(13-6)38-18-11-4)52-46-48(14-7)39-19-12-5/h47-48H,8-46H2,1-7H3/q+1. The Kier molecular flexibility index (Phi) is 40.7. The number of phosphoric acid groups is 1. The van der Waals surface area contributed by atoms with Crippen molar-refractivity contribution >= 4 is 15.1 Å². The van der Waals surface area contributed by atoms with Crippen molar-refractivity contribution in [3.63, 3.8) is 0 Å². The molecule has 0 aliphatic carbocycles. The molecule has 4 nitrogen and oxygen atoms in total. The Bertz CT molecular complexity index is 737. The first-order valence-electron chi connectivity index (χ1n) is 24.8. The van der Waals surface area contributed by atoms with E-state index in [9.17, 15) is 4.57 Å². The molecule has 6 heteroatoms. The third-order valence-electron chi connectivity index (χ3n) is 12.3. The molecule has 326 valence electrons. The van der Waals surface area contributed by atoms with Gasteiger partial charge in [0.1, 0.15) is 0 Å². The van der Waals surface area contributed by atoms with E-state index in [4.69, 9.17) is 13.6 Å². The SMILES string of the molecule is CCCCCC[P+](CCCCCC)(CCCCCC)CCCCCCCCCCCCCCOP(=O)(OCC(CC)CCCC)OCC(CC)CCCC. The maximum Gasteiger partial charge on any atom is 0.474 e. The molecule has 0 aliphatic heterocycles. The van der Waals surface area contributed by atoms with Crippen molar-refractivity contribution in [1.82, 2.24) is 0 Å². The summed E-state index contributed by atoms with van der Waals surface area (Å²) in [6.07, 6.45) is 48.8. The molecule has 0 aromatic carbocycles. The normalized spacial score (nSPS) is 14.4. The summed E-state index contributed by atoms with van der Waals surface area (Å²) in [4.78, 5) is 0. The molecule has 0 saturated carbocycles. The predicted octanol–water partition coefficient (Wildman–Crippen LogP) is 18.0. The number of unbranched alkanes of at least 4 members (excludes halogenated alkanes) is 22. The predicted molar refractivity (Wildman–Crippen MR) is 246 cm³/mol. The van der Waals surface area contributed by atoms with Crippen LogP contribution in [0.4, 0.5) is 0 Å². The fraction of sp³-hybridized carbons (Fsp3) is 1.00. The molecule has 54 heavy (non-hydrogen) atoms. The third-order valence-corrected chi connectivity index (χ3v) is 18.7. The Morgan fingerprint density at radius 2 is 0.667 bits per heavy atom. The minimum Gasteiger partial charge on any atom is -0.287 e. The molecule has 0 rings (SSSR count). The molecule has 0 N–H and O–H groups in total. The molecule has 0 saturated heterocycles. The topological polar surface area (TPSA) is 44.8 Å². The largest absolute Gasteiger partial charge is 0.474 e. The van der Waals surface area contributed by atoms with Gasteiger partial charge < -0.3 is 0 Å². The summed E-state index contributed by atoms with van der Waals surface area (Å²) in [5, 5.41) is 0. The summed E-state index contributed by atoms with van der Waals surface area (Å²) < 4.78 is 31.6. The van der Waals surface area contributed by atoms with E-state index < -0.39 is 15.1 Å². The Balaban J connectivity index is 4.42. The van der Waals surface area contributed by atoms with E-state index in [1.807, 2.05) is 0 Å². The fourth-order valence-corrected chi connectivity index (χ4v) is 14.4. The zero-order valence-corrected chi connectivity index (χ0v) is 40.0. The van der Waals surface area contributed by atoms with Crippen molar-refractivity contribution < 1.29 is 18.1 Å². The van der Waals surface area contributed by atoms with Crippen LogP contribution in [0, 0.1) is 11.8 Å². The minimum absolute atomic E-state index is 0.416. The van der Waals surface area contributed by atoms with Gasteiger partial charge in [-0.15, -0.1) is 0 Å². The van der Waals surface area contributed by atoms with Gasteiger partial charge in [-0.25, -0.2) is 4.57 Å². The Morgan fingerprint density at radius 1 is 0.370 bits per heavy atom. The lowest BCUT2D eigenvalue weighted by Crippen LogP contribution is -2.14. The number of phosphoric ester groups is 1. The molecule has 0 amide bonds. The lowest BCUT2D eigenvalue weighted by molar-refractivity contribution is 0.0832. The van der Waals surface area contributed by atoms with Gasteiger partial charge in [0, 0.05) is 7.26 Å². The second-order valence-corrected chi connectivity index (χ2v) is 23.5. The van der Waals surface area contributed by atoms with Gasteiger partial charge >= 0.3 is 7.82 Å². The van der Waals surface area contributed by atoms with Crippen molar-refractivity contribution in [2.75, 3.05) is 44.5 Å². The number of hydrogen-bond donors (Lipinski definition) is 0. The fourth-order valence-electron chi connectivity index (χ4n) is 8.09. The average molecular weight is 804 g/mol. The molecular formula is C48H101O4P2+. The van der Waals surface area contributed by atoms with Gasteiger partial charge in [0.25, 0.3) is 0 Å². The highest BCUT2D eigenvalue weighted by atomic mass is 31.2. The molecule has 0 aliphatic rings. The monoisotopic (exact) mass is 804 g/mol. The van der Waals surface area contributed by atoms with Crippen LogP contribution in [-0.4, -0.2) is 44.5 Å². The van der Waals surface area contributed by atoms with Gasteiger partial charge in [0.15, 0.2) is 0 Å². The van der Waals surface area contributed by atoms with Crippen molar-refractivity contribution in [3.8, 4) is 0 Å². The van der Waals surface area contributed by atoms with E-state index in [0.29, 0.717) is 31.7 Å². The molecular weight excluding hydrogens is 702 g/mol. The highest BCUT2D eigenvalue weighted by Gasteiger charge is 2.35. The lowest BCUT2D eigenvalue weighted by atomic mass is 10.0. The van der Waals surface area contributed by atoms with E-state index in [1.54, 1.807) is 24.6 Å². The molecule has 0 aromatic rings. The van der Waals surface area contributed by atoms with Crippen molar-refractivity contribution in [2.24, 2.45) is 11.8 Å². The van der Waals surface area contributed by atoms with Crippen LogP contribution in [-0.2, 0) is 18.1 Å². The third kappa shape index (κ3) is 32.5. The smallest absolute Gasteiger partial charge is 0.287 e. The van der Waals surface area contributed by atoms with E-state index in [0.717, 1.165) is 38.5 Å². The molecule has 2 atom stereocenters. The summed E-state index contributed by atoms with van der Waals surface area (Å²) in [5.74, 6) is 0.831. The quantitative estimate of drug-likeness (QED) is 0.0454. The second-order valence-electron chi connectivity index (χ2n) is 17.4. The van der Waals surface area contributed by atoms with Crippen LogP contribution in [0.2, 0.25) is 0 Å². The highest BCUT2D eigenvalue weighted by molar-refractivity contribution is 7.75. The Hall–Kier alpha value is 0.540. The van der Waals surface area contributed by atoms with Gasteiger partial charge in [-0.05, 0) is 82.5 Å². The zero-order valence-electron chi connectivity index (χ0n) is 38.3. The molecule has 0 bridgehead atoms. The van der Waals surface area contributed by atoms with Crippen LogP contribution in [0.1, 0.15) is 254 Å². The van der Waals surface area contributed by atoms with Gasteiger partial charge in [-0.2, -0.15) is 0 Å². The lowest BCUT2D eigenvalue weighted by Gasteiger charge is -2.28. The summed E-state index contributed by atoms with van der Waals surface area (Å²) in [5.41, 5.74) is 0. The van der Waals surface area contributed by atoms with Crippen molar-refractivity contribution in [3.05, 3.63) is 0 Å².